The van der Waals surface area contributed by atoms with Crippen LogP contribution in [0.4, 0.5) is 0 Å². The van der Waals surface area contributed by atoms with Gasteiger partial charge < -0.3 is 9.47 Å². The first-order chi connectivity index (χ1) is 9.20. The van der Waals surface area contributed by atoms with E-state index in [2.05, 4.69) is 11.7 Å². The Morgan fingerprint density at radius 3 is 2.37 bits per heavy atom. The van der Waals surface area contributed by atoms with Crippen LogP contribution in [0.15, 0.2) is 24.3 Å². The number of benzene rings is 1. The Bertz CT molecular complexity index is 485. The lowest BCUT2D eigenvalue weighted by Crippen LogP contribution is -2.13. The second-order valence-electron chi connectivity index (χ2n) is 3.90. The number of unbranched alkanes of at least 4 members (excludes halogenated alkanes) is 2. The maximum atomic E-state index is 11.9. The van der Waals surface area contributed by atoms with Crippen LogP contribution in [-0.2, 0) is 9.47 Å². The quantitative estimate of drug-likeness (QED) is 0.448. The van der Waals surface area contributed by atoms with Gasteiger partial charge in [0.2, 0.25) is 0 Å². The van der Waals surface area contributed by atoms with E-state index in [9.17, 15) is 9.59 Å². The van der Waals surface area contributed by atoms with Crippen molar-refractivity contribution >= 4 is 11.9 Å². The highest BCUT2D eigenvalue weighted by molar-refractivity contribution is 6.03. The van der Waals surface area contributed by atoms with Crippen molar-refractivity contribution < 1.29 is 19.1 Å². The molecule has 19 heavy (non-hydrogen) atoms. The number of rotatable bonds is 6. The molecule has 0 unspecified atom stereocenters. The molecular formula is C15H16O4. The molecule has 4 nitrogen and oxygen atoms in total. The molecule has 1 aromatic rings. The van der Waals surface area contributed by atoms with Crippen LogP contribution < -0.4 is 0 Å². The summed E-state index contributed by atoms with van der Waals surface area (Å²) in [6, 6.07) is 6.26. The number of terminal acetylenes is 1. The molecule has 0 radical (unpaired) electrons. The summed E-state index contributed by atoms with van der Waals surface area (Å²) < 4.78 is 9.54. The van der Waals surface area contributed by atoms with Gasteiger partial charge in [-0.1, -0.05) is 38.3 Å². The van der Waals surface area contributed by atoms with Gasteiger partial charge in [0.15, 0.2) is 0 Å². The van der Waals surface area contributed by atoms with Crippen LogP contribution in [0, 0.1) is 12.5 Å². The first-order valence-corrected chi connectivity index (χ1v) is 6.13. The molecule has 1 rings (SSSR count). The third-order valence-electron chi connectivity index (χ3n) is 2.50. The van der Waals surface area contributed by atoms with E-state index in [1.807, 2.05) is 0 Å². The van der Waals surface area contributed by atoms with E-state index in [0.717, 1.165) is 19.3 Å². The van der Waals surface area contributed by atoms with Gasteiger partial charge in [0.1, 0.15) is 6.11 Å². The molecule has 0 amide bonds. The van der Waals surface area contributed by atoms with Gasteiger partial charge in [-0.3, -0.25) is 0 Å². The van der Waals surface area contributed by atoms with Crippen molar-refractivity contribution in [3.05, 3.63) is 35.4 Å². The molecule has 0 aromatic heterocycles. The van der Waals surface area contributed by atoms with E-state index >= 15 is 0 Å². The zero-order valence-corrected chi connectivity index (χ0v) is 10.8. The number of esters is 2. The van der Waals surface area contributed by atoms with Crippen molar-refractivity contribution in [2.24, 2.45) is 0 Å². The Kier molecular flexibility index (Phi) is 6.17. The number of hydrogen-bond acceptors (Lipinski definition) is 4. The Morgan fingerprint density at radius 1 is 1.16 bits per heavy atom. The zero-order chi connectivity index (χ0) is 14.1. The highest BCUT2D eigenvalue weighted by Crippen LogP contribution is 2.12. The minimum Gasteiger partial charge on any atom is -0.462 e. The molecule has 0 aliphatic carbocycles. The largest absolute Gasteiger partial charge is 0.462 e. The smallest absolute Gasteiger partial charge is 0.352 e. The first kappa shape index (κ1) is 14.8. The van der Waals surface area contributed by atoms with Gasteiger partial charge >= 0.3 is 11.9 Å². The second kappa shape index (κ2) is 7.93. The average Bonchev–Trinajstić information content (AvgIpc) is 2.43. The normalized spacial score (nSPS) is 9.47. The van der Waals surface area contributed by atoms with Crippen LogP contribution in [0.25, 0.3) is 0 Å². The number of hydrogen-bond donors (Lipinski definition) is 0. The molecule has 0 fully saturated rings. The molecule has 1 aromatic carbocycles. The minimum absolute atomic E-state index is 0.112. The SMILES string of the molecule is C#COC(=O)c1ccccc1C(=O)OCCCCC. The van der Waals surface area contributed by atoms with E-state index in [4.69, 9.17) is 11.2 Å². The van der Waals surface area contributed by atoms with Gasteiger partial charge in [0, 0.05) is 0 Å². The Balaban J connectivity index is 2.74. The highest BCUT2D eigenvalue weighted by Gasteiger charge is 2.18. The summed E-state index contributed by atoms with van der Waals surface area (Å²) >= 11 is 0. The maximum absolute atomic E-state index is 11.9. The fourth-order valence-corrected chi connectivity index (χ4v) is 1.54. The molecule has 0 spiro atoms. The molecule has 0 saturated heterocycles. The Hall–Kier alpha value is -2.28. The fourth-order valence-electron chi connectivity index (χ4n) is 1.54. The summed E-state index contributed by atoms with van der Waals surface area (Å²) in [5, 5.41) is 0. The molecule has 0 aliphatic heterocycles. The van der Waals surface area contributed by atoms with E-state index in [0.29, 0.717) is 6.61 Å². The van der Waals surface area contributed by atoms with E-state index in [1.165, 1.54) is 12.1 Å². The topological polar surface area (TPSA) is 52.6 Å². The zero-order valence-electron chi connectivity index (χ0n) is 10.8. The molecule has 100 valence electrons. The lowest BCUT2D eigenvalue weighted by atomic mass is 10.1. The molecule has 0 aliphatic rings. The van der Waals surface area contributed by atoms with Gasteiger partial charge in [-0.05, 0) is 18.6 Å². The average molecular weight is 260 g/mol. The van der Waals surface area contributed by atoms with Crippen LogP contribution in [0.3, 0.4) is 0 Å². The Labute approximate surface area is 112 Å². The van der Waals surface area contributed by atoms with Gasteiger partial charge in [-0.2, -0.15) is 0 Å². The number of carbonyl (C=O) groups is 2. The maximum Gasteiger partial charge on any atom is 0.352 e. The van der Waals surface area contributed by atoms with Crippen molar-refractivity contribution in [2.75, 3.05) is 6.61 Å². The summed E-state index contributed by atoms with van der Waals surface area (Å²) in [7, 11) is 0. The lowest BCUT2D eigenvalue weighted by molar-refractivity contribution is 0.0488. The third-order valence-corrected chi connectivity index (χ3v) is 2.50. The van der Waals surface area contributed by atoms with E-state index in [-0.39, 0.29) is 11.1 Å². The molecular weight excluding hydrogens is 244 g/mol. The van der Waals surface area contributed by atoms with Crippen molar-refractivity contribution in [2.45, 2.75) is 26.2 Å². The standard InChI is InChI=1S/C15H16O4/c1-3-5-8-11-19-15(17)13-10-7-6-9-12(13)14(16)18-4-2/h2,6-7,9-10H,3,5,8,11H2,1H3. The molecule has 0 saturated carbocycles. The predicted molar refractivity (Wildman–Crippen MR) is 70.5 cm³/mol. The van der Waals surface area contributed by atoms with E-state index < -0.39 is 11.9 Å². The molecule has 0 bridgehead atoms. The van der Waals surface area contributed by atoms with Crippen molar-refractivity contribution in [1.82, 2.24) is 0 Å². The number of carbonyl (C=O) groups excluding carboxylic acids is 2. The fraction of sp³-hybridized carbons (Fsp3) is 0.333. The van der Waals surface area contributed by atoms with Gasteiger partial charge in [-0.15, -0.1) is 0 Å². The summed E-state index contributed by atoms with van der Waals surface area (Å²) in [6.45, 7) is 2.40. The van der Waals surface area contributed by atoms with Crippen LogP contribution in [-0.4, -0.2) is 18.5 Å². The summed E-state index contributed by atoms with van der Waals surface area (Å²) in [4.78, 5) is 23.4. The summed E-state index contributed by atoms with van der Waals surface area (Å²) in [6.07, 6.45) is 9.53. The van der Waals surface area contributed by atoms with Gasteiger partial charge in [-0.25, -0.2) is 9.59 Å². The molecule has 4 heteroatoms. The van der Waals surface area contributed by atoms with Crippen LogP contribution in [0.2, 0.25) is 0 Å². The number of ether oxygens (including phenoxy) is 2. The summed E-state index contributed by atoms with van der Waals surface area (Å²) in [5.74, 6) is -1.27. The second-order valence-corrected chi connectivity index (χ2v) is 3.90. The van der Waals surface area contributed by atoms with Crippen LogP contribution in [0.5, 0.6) is 0 Å². The monoisotopic (exact) mass is 260 g/mol. The Morgan fingerprint density at radius 2 is 1.79 bits per heavy atom. The summed E-state index contributed by atoms with van der Waals surface area (Å²) in [5.41, 5.74) is 0.278. The van der Waals surface area contributed by atoms with Gasteiger partial charge in [0.05, 0.1) is 17.7 Å². The minimum atomic E-state index is -0.733. The molecule has 0 heterocycles. The molecule has 0 atom stereocenters. The van der Waals surface area contributed by atoms with E-state index in [1.54, 1.807) is 18.2 Å². The van der Waals surface area contributed by atoms with Crippen LogP contribution in [0.1, 0.15) is 46.9 Å². The lowest BCUT2D eigenvalue weighted by Gasteiger charge is -2.07. The van der Waals surface area contributed by atoms with Crippen LogP contribution >= 0.6 is 0 Å². The van der Waals surface area contributed by atoms with Gasteiger partial charge in [0.25, 0.3) is 0 Å². The first-order valence-electron chi connectivity index (χ1n) is 6.13. The van der Waals surface area contributed by atoms with Crippen molar-refractivity contribution in [3.63, 3.8) is 0 Å². The molecule has 0 N–H and O–H groups in total. The predicted octanol–water partition coefficient (Wildman–Crippen LogP) is 2.78. The highest BCUT2D eigenvalue weighted by atomic mass is 16.5. The van der Waals surface area contributed by atoms with Crippen molar-refractivity contribution in [3.8, 4) is 12.5 Å². The third kappa shape index (κ3) is 4.47. The van der Waals surface area contributed by atoms with Crippen molar-refractivity contribution in [1.29, 1.82) is 0 Å².